The quantitative estimate of drug-likeness (QED) is 0.157. The molecule has 0 amide bonds. The lowest BCUT2D eigenvalue weighted by atomic mass is 9.66. The van der Waals surface area contributed by atoms with Crippen molar-refractivity contribution in [3.63, 3.8) is 0 Å². The molecule has 1 aliphatic heterocycles. The third-order valence-electron chi connectivity index (χ3n) is 9.85. The molecule has 0 spiro atoms. The van der Waals surface area contributed by atoms with Crippen molar-refractivity contribution in [3.8, 4) is 17.2 Å². The summed E-state index contributed by atoms with van der Waals surface area (Å²) < 4.78 is 104. The molecule has 1 fully saturated rings. The normalized spacial score (nSPS) is 20.3. The van der Waals surface area contributed by atoms with E-state index in [1.165, 1.54) is 42.8 Å². The number of benzene rings is 4. The Hall–Kier alpha value is -4.04. The minimum absolute atomic E-state index is 0.00371. The van der Waals surface area contributed by atoms with Crippen LogP contribution in [0.25, 0.3) is 0 Å². The number of sulfone groups is 1. The first kappa shape index (κ1) is 36.7. The van der Waals surface area contributed by atoms with E-state index in [1.807, 2.05) is 0 Å². The number of fused-ring (bicyclic) bond motifs is 3. The van der Waals surface area contributed by atoms with Crippen molar-refractivity contribution >= 4 is 37.2 Å². The van der Waals surface area contributed by atoms with Crippen LogP contribution in [0.2, 0.25) is 5.02 Å². The molecular formula is C37H36ClF2NO8S2. The number of hydrogen-bond donors (Lipinski definition) is 0. The Morgan fingerprint density at radius 1 is 0.824 bits per heavy atom. The number of ketones is 1. The monoisotopic (exact) mass is 759 g/mol. The number of methoxy groups -OCH3 is 2. The number of halogens is 3. The van der Waals surface area contributed by atoms with Gasteiger partial charge < -0.3 is 14.2 Å². The van der Waals surface area contributed by atoms with Gasteiger partial charge in [0.25, 0.3) is 0 Å². The summed E-state index contributed by atoms with van der Waals surface area (Å²) in [6.45, 7) is -0.454. The lowest BCUT2D eigenvalue weighted by molar-refractivity contribution is -0.129. The Morgan fingerprint density at radius 3 is 1.92 bits per heavy atom. The lowest BCUT2D eigenvalue weighted by Gasteiger charge is -2.49. The molecule has 1 saturated carbocycles. The second-order valence-corrected chi connectivity index (χ2v) is 17.4. The Labute approximate surface area is 301 Å². The predicted octanol–water partition coefficient (Wildman–Crippen LogP) is 6.71. The van der Waals surface area contributed by atoms with E-state index >= 15 is 8.78 Å². The molecule has 1 heterocycles. The smallest absolute Gasteiger partial charge is 0.214 e. The number of hydrogen-bond acceptors (Lipinski definition) is 8. The summed E-state index contributed by atoms with van der Waals surface area (Å²) in [4.78, 5) is 13.5. The van der Waals surface area contributed by atoms with Crippen molar-refractivity contribution in [2.75, 3.05) is 26.6 Å². The maximum absolute atomic E-state index is 15.9. The van der Waals surface area contributed by atoms with E-state index < -0.39 is 71.8 Å². The van der Waals surface area contributed by atoms with Crippen LogP contribution in [0, 0.1) is 23.5 Å². The SMILES string of the molecule is COc1ccc(CN(Cc2ccc(OC)cc2)S(=O)(=O)CC[C@@H]2C(=O)CCC3(S(=O)(=O)c4ccc(Cl)cc4)c4c(F)ccc(F)c4OCC23)cc1. The Bertz CT molecular complexity index is 2080. The van der Waals surface area contributed by atoms with Crippen LogP contribution in [0.4, 0.5) is 8.78 Å². The van der Waals surface area contributed by atoms with Crippen LogP contribution in [-0.4, -0.2) is 53.5 Å². The molecule has 270 valence electrons. The van der Waals surface area contributed by atoms with Crippen LogP contribution in [0.15, 0.2) is 89.8 Å². The highest BCUT2D eigenvalue weighted by molar-refractivity contribution is 7.92. The average Bonchev–Trinajstić information content (AvgIpc) is 3.12. The van der Waals surface area contributed by atoms with Gasteiger partial charge in [-0.15, -0.1) is 0 Å². The van der Waals surface area contributed by atoms with Gasteiger partial charge in [0.1, 0.15) is 27.8 Å². The zero-order chi connectivity index (χ0) is 36.6. The van der Waals surface area contributed by atoms with Crippen molar-refractivity contribution < 1.29 is 44.6 Å². The predicted molar refractivity (Wildman–Crippen MR) is 187 cm³/mol. The molecule has 9 nitrogen and oxygen atoms in total. The van der Waals surface area contributed by atoms with Crippen LogP contribution in [0.1, 0.15) is 36.0 Å². The average molecular weight is 760 g/mol. The second kappa shape index (κ2) is 14.5. The number of sulfonamides is 1. The first-order valence-electron chi connectivity index (χ1n) is 16.2. The highest BCUT2D eigenvalue weighted by atomic mass is 35.5. The fraction of sp³-hybridized carbons (Fsp3) is 0.324. The van der Waals surface area contributed by atoms with Gasteiger partial charge in [0.05, 0.1) is 37.0 Å². The summed E-state index contributed by atoms with van der Waals surface area (Å²) in [6, 6.07) is 20.9. The molecule has 0 saturated heterocycles. The fourth-order valence-electron chi connectivity index (χ4n) is 7.21. The second-order valence-electron chi connectivity index (χ2n) is 12.6. The van der Waals surface area contributed by atoms with Gasteiger partial charge in [0.15, 0.2) is 21.4 Å². The van der Waals surface area contributed by atoms with Crippen LogP contribution in [0.5, 0.6) is 17.2 Å². The molecule has 0 aromatic heterocycles. The zero-order valence-electron chi connectivity index (χ0n) is 27.9. The molecule has 51 heavy (non-hydrogen) atoms. The van der Waals surface area contributed by atoms with Gasteiger partial charge in [-0.25, -0.2) is 25.6 Å². The molecule has 3 atom stereocenters. The first-order valence-corrected chi connectivity index (χ1v) is 19.7. The summed E-state index contributed by atoms with van der Waals surface area (Å²) in [6.07, 6.45) is -0.922. The van der Waals surface area contributed by atoms with Gasteiger partial charge in [0, 0.05) is 36.4 Å². The minimum Gasteiger partial charge on any atom is -0.497 e. The Kier molecular flexibility index (Phi) is 10.5. The largest absolute Gasteiger partial charge is 0.497 e. The molecule has 14 heteroatoms. The maximum Gasteiger partial charge on any atom is 0.214 e. The summed E-state index contributed by atoms with van der Waals surface area (Å²) >= 11 is 6.05. The van der Waals surface area contributed by atoms with Gasteiger partial charge in [-0.2, -0.15) is 4.31 Å². The number of ether oxygens (including phenoxy) is 3. The number of carbonyl (C=O) groups excluding carboxylic acids is 1. The van der Waals surface area contributed by atoms with Gasteiger partial charge in [-0.05, 0) is 84.6 Å². The highest BCUT2D eigenvalue weighted by Crippen LogP contribution is 2.58. The van der Waals surface area contributed by atoms with E-state index in [-0.39, 0.29) is 48.1 Å². The van der Waals surface area contributed by atoms with E-state index in [1.54, 1.807) is 48.5 Å². The standard InChI is InChI=1S/C37H36ClF2NO8S2/c1-47-27-9-3-24(4-10-27)21-41(22-25-5-11-28(48-2)12-6-25)50(43,44)20-18-30-31-23-49-36-33(40)16-15-32(39)35(36)37(31,19-17-34(30)42)51(45,46)29-13-7-26(38)8-14-29/h3-16,30-31H,17-23H2,1-2H3/t30-,31?,37?/m0/s1. The Balaban J connectivity index is 1.37. The minimum atomic E-state index is -4.55. The number of rotatable bonds is 12. The van der Waals surface area contributed by atoms with Crippen molar-refractivity contribution in [2.24, 2.45) is 11.8 Å². The molecule has 0 radical (unpaired) electrons. The molecule has 2 aliphatic rings. The van der Waals surface area contributed by atoms with E-state index in [9.17, 15) is 21.6 Å². The van der Waals surface area contributed by atoms with Gasteiger partial charge in [0.2, 0.25) is 10.0 Å². The van der Waals surface area contributed by atoms with E-state index in [0.717, 1.165) is 12.1 Å². The molecule has 4 aromatic rings. The first-order chi connectivity index (χ1) is 24.3. The third-order valence-corrected chi connectivity index (χ3v) is 14.5. The van der Waals surface area contributed by atoms with E-state index in [2.05, 4.69) is 0 Å². The van der Waals surface area contributed by atoms with Gasteiger partial charge in [-0.3, -0.25) is 4.79 Å². The fourth-order valence-corrected chi connectivity index (χ4v) is 11.2. The lowest BCUT2D eigenvalue weighted by Crippen LogP contribution is -2.56. The number of carbonyl (C=O) groups is 1. The molecule has 6 rings (SSSR count). The molecule has 4 aromatic carbocycles. The molecular weight excluding hydrogens is 724 g/mol. The summed E-state index contributed by atoms with van der Waals surface area (Å²) in [5.74, 6) is -4.58. The third kappa shape index (κ3) is 6.96. The topological polar surface area (TPSA) is 116 Å². The summed E-state index contributed by atoms with van der Waals surface area (Å²) in [5.41, 5.74) is 0.878. The maximum atomic E-state index is 15.9. The highest BCUT2D eigenvalue weighted by Gasteiger charge is 2.62. The van der Waals surface area contributed by atoms with Gasteiger partial charge in [-0.1, -0.05) is 35.9 Å². The molecule has 0 bridgehead atoms. The summed E-state index contributed by atoms with van der Waals surface area (Å²) in [7, 11) is -5.62. The van der Waals surface area contributed by atoms with Crippen LogP contribution in [0.3, 0.4) is 0 Å². The van der Waals surface area contributed by atoms with E-state index in [0.29, 0.717) is 22.6 Å². The molecule has 1 aliphatic carbocycles. The summed E-state index contributed by atoms with van der Waals surface area (Å²) in [5, 5.41) is 0.267. The van der Waals surface area contributed by atoms with Gasteiger partial charge >= 0.3 is 0 Å². The number of nitrogens with zero attached hydrogens (tertiary/aromatic N) is 1. The van der Waals surface area contributed by atoms with Crippen molar-refractivity contribution in [2.45, 2.75) is 42.0 Å². The van der Waals surface area contributed by atoms with Crippen LogP contribution in [-0.2, 0) is 42.5 Å². The van der Waals surface area contributed by atoms with Crippen LogP contribution < -0.4 is 14.2 Å². The number of Topliss-reactive ketones (excluding diaryl/α,β-unsaturated/α-hetero) is 1. The Morgan fingerprint density at radius 2 is 1.37 bits per heavy atom. The van der Waals surface area contributed by atoms with E-state index in [4.69, 9.17) is 25.8 Å². The van der Waals surface area contributed by atoms with Crippen LogP contribution >= 0.6 is 11.6 Å². The molecule has 0 N–H and O–H groups in total. The van der Waals surface area contributed by atoms with Crippen molar-refractivity contribution in [3.05, 3.63) is 118 Å². The zero-order valence-corrected chi connectivity index (χ0v) is 30.2. The van der Waals surface area contributed by atoms with Crippen molar-refractivity contribution in [1.29, 1.82) is 0 Å². The van der Waals surface area contributed by atoms with Crippen molar-refractivity contribution in [1.82, 2.24) is 4.31 Å². The molecule has 2 unspecified atom stereocenters.